The van der Waals surface area contributed by atoms with E-state index in [1.807, 2.05) is 74.2 Å². The summed E-state index contributed by atoms with van der Waals surface area (Å²) >= 11 is 5.97. The number of likely N-dealkylation sites (tertiary alicyclic amines) is 1. The molecule has 1 unspecified atom stereocenters. The van der Waals surface area contributed by atoms with Crippen LogP contribution in [0.3, 0.4) is 0 Å². The number of para-hydroxylation sites is 1. The number of amides is 2. The Labute approximate surface area is 234 Å². The Morgan fingerprint density at radius 3 is 2.41 bits per heavy atom. The Bertz CT molecular complexity index is 1340. The van der Waals surface area contributed by atoms with Crippen LogP contribution in [0.1, 0.15) is 32.8 Å². The fraction of sp³-hybridized carbons (Fsp3) is 0.448. The Hall–Kier alpha value is -3.59. The van der Waals surface area contributed by atoms with Gasteiger partial charge in [-0.15, -0.1) is 0 Å². The summed E-state index contributed by atoms with van der Waals surface area (Å²) in [7, 11) is 0. The molecule has 2 aromatic carbocycles. The van der Waals surface area contributed by atoms with Crippen molar-refractivity contribution in [3.63, 3.8) is 0 Å². The molecule has 0 spiro atoms. The highest BCUT2D eigenvalue weighted by atomic mass is 35.5. The minimum Gasteiger partial charge on any atom is -0.444 e. The van der Waals surface area contributed by atoms with Crippen molar-refractivity contribution in [1.82, 2.24) is 19.8 Å². The SMILES string of the molecule is CC(C)(C)OC(=O)N1CCN(c2nc(NC3CCN(C(=O)Cc4ccc(Cl)cc4)C3)nc3ccccc23)CC1. The number of aromatic nitrogens is 2. The van der Waals surface area contributed by atoms with E-state index in [0.717, 1.165) is 28.7 Å². The molecule has 5 rings (SSSR count). The number of nitrogens with zero attached hydrogens (tertiary/aromatic N) is 5. The maximum atomic E-state index is 12.9. The highest BCUT2D eigenvalue weighted by Crippen LogP contribution is 2.27. The molecule has 0 aliphatic carbocycles. The molecule has 206 valence electrons. The van der Waals surface area contributed by atoms with Crippen LogP contribution in [0.5, 0.6) is 0 Å². The van der Waals surface area contributed by atoms with E-state index >= 15 is 0 Å². The van der Waals surface area contributed by atoms with Gasteiger partial charge in [0.1, 0.15) is 11.4 Å². The Kier molecular flexibility index (Phi) is 7.79. The minimum atomic E-state index is -0.520. The fourth-order valence-electron chi connectivity index (χ4n) is 4.97. The first kappa shape index (κ1) is 27.0. The zero-order chi connectivity index (χ0) is 27.6. The molecule has 10 heteroatoms. The summed E-state index contributed by atoms with van der Waals surface area (Å²) in [6.07, 6.45) is 0.899. The van der Waals surface area contributed by atoms with Gasteiger partial charge in [0.25, 0.3) is 0 Å². The Morgan fingerprint density at radius 1 is 0.974 bits per heavy atom. The molecular formula is C29H35ClN6O3. The van der Waals surface area contributed by atoms with Crippen LogP contribution >= 0.6 is 11.6 Å². The first-order chi connectivity index (χ1) is 18.6. The normalized spacial score (nSPS) is 17.9. The van der Waals surface area contributed by atoms with Crippen LogP contribution in [0.4, 0.5) is 16.6 Å². The summed E-state index contributed by atoms with van der Waals surface area (Å²) < 4.78 is 5.54. The third kappa shape index (κ3) is 6.71. The molecule has 2 amide bonds. The zero-order valence-corrected chi connectivity index (χ0v) is 23.4. The molecule has 0 radical (unpaired) electrons. The maximum absolute atomic E-state index is 12.9. The van der Waals surface area contributed by atoms with Crippen LogP contribution in [-0.2, 0) is 16.0 Å². The first-order valence-corrected chi connectivity index (χ1v) is 13.8. The van der Waals surface area contributed by atoms with Crippen LogP contribution < -0.4 is 10.2 Å². The number of hydrogen-bond donors (Lipinski definition) is 1. The number of carbonyl (C=O) groups is 2. The van der Waals surface area contributed by atoms with Gasteiger partial charge in [0.15, 0.2) is 0 Å². The van der Waals surface area contributed by atoms with E-state index in [0.29, 0.717) is 56.7 Å². The van der Waals surface area contributed by atoms with E-state index in [1.165, 1.54) is 0 Å². The summed E-state index contributed by atoms with van der Waals surface area (Å²) in [4.78, 5) is 40.9. The Morgan fingerprint density at radius 2 is 1.69 bits per heavy atom. The lowest BCUT2D eigenvalue weighted by Crippen LogP contribution is -2.50. The van der Waals surface area contributed by atoms with E-state index < -0.39 is 5.60 Å². The monoisotopic (exact) mass is 550 g/mol. The van der Waals surface area contributed by atoms with Gasteiger partial charge >= 0.3 is 6.09 Å². The van der Waals surface area contributed by atoms with Gasteiger partial charge < -0.3 is 24.8 Å². The molecule has 0 bridgehead atoms. The molecule has 39 heavy (non-hydrogen) atoms. The number of ether oxygens (including phenoxy) is 1. The van der Waals surface area contributed by atoms with Crippen molar-refractivity contribution < 1.29 is 14.3 Å². The quantitative estimate of drug-likeness (QED) is 0.496. The highest BCUT2D eigenvalue weighted by Gasteiger charge is 2.29. The average Bonchev–Trinajstić information content (AvgIpc) is 3.37. The molecule has 3 heterocycles. The van der Waals surface area contributed by atoms with Gasteiger partial charge in [-0.1, -0.05) is 35.9 Å². The van der Waals surface area contributed by atoms with Gasteiger partial charge in [-0.2, -0.15) is 4.98 Å². The van der Waals surface area contributed by atoms with Crippen molar-refractivity contribution in [3.8, 4) is 0 Å². The lowest BCUT2D eigenvalue weighted by Gasteiger charge is -2.36. The number of benzene rings is 2. The van der Waals surface area contributed by atoms with E-state index in [4.69, 9.17) is 26.3 Å². The van der Waals surface area contributed by atoms with Gasteiger partial charge in [0.2, 0.25) is 11.9 Å². The molecule has 0 saturated carbocycles. The molecule has 2 aliphatic rings. The third-order valence-electron chi connectivity index (χ3n) is 6.96. The number of halogens is 1. The standard InChI is InChI=1S/C29H35ClN6O3/c1-29(2,3)39-28(38)35-16-14-34(15-17-35)26-23-6-4-5-7-24(23)32-27(33-26)31-22-12-13-36(19-22)25(37)18-20-8-10-21(30)11-9-20/h4-11,22H,12-19H2,1-3H3,(H,31,32,33). The van der Waals surface area contributed by atoms with Crippen molar-refractivity contribution in [3.05, 3.63) is 59.1 Å². The van der Waals surface area contributed by atoms with Crippen LogP contribution in [0, 0.1) is 0 Å². The third-order valence-corrected chi connectivity index (χ3v) is 7.21. The number of anilines is 2. The summed E-state index contributed by atoms with van der Waals surface area (Å²) in [5.41, 5.74) is 1.29. The number of hydrogen-bond acceptors (Lipinski definition) is 7. The maximum Gasteiger partial charge on any atom is 0.410 e. The summed E-state index contributed by atoms with van der Waals surface area (Å²) in [6, 6.07) is 15.4. The number of fused-ring (bicyclic) bond motifs is 1. The van der Waals surface area contributed by atoms with Gasteiger partial charge in [-0.05, 0) is 57.0 Å². The first-order valence-electron chi connectivity index (χ1n) is 13.4. The highest BCUT2D eigenvalue weighted by molar-refractivity contribution is 6.30. The number of rotatable bonds is 5. The molecule has 3 aromatic rings. The second-order valence-electron chi connectivity index (χ2n) is 11.1. The van der Waals surface area contributed by atoms with Gasteiger partial charge in [0, 0.05) is 55.7 Å². The van der Waals surface area contributed by atoms with Crippen molar-refractivity contribution in [1.29, 1.82) is 0 Å². The van der Waals surface area contributed by atoms with Crippen molar-refractivity contribution in [2.45, 2.75) is 45.3 Å². The summed E-state index contributed by atoms with van der Waals surface area (Å²) in [5.74, 6) is 1.50. The van der Waals surface area contributed by atoms with E-state index in [9.17, 15) is 9.59 Å². The molecular weight excluding hydrogens is 516 g/mol. The van der Waals surface area contributed by atoms with Gasteiger partial charge in [-0.25, -0.2) is 9.78 Å². The van der Waals surface area contributed by atoms with Crippen LogP contribution in [0.15, 0.2) is 48.5 Å². The number of carbonyl (C=O) groups excluding carboxylic acids is 2. The lowest BCUT2D eigenvalue weighted by atomic mass is 10.1. The van der Waals surface area contributed by atoms with Crippen LogP contribution in [0.25, 0.3) is 10.9 Å². The smallest absolute Gasteiger partial charge is 0.410 e. The molecule has 2 fully saturated rings. The molecule has 1 N–H and O–H groups in total. The second kappa shape index (κ2) is 11.3. The predicted molar refractivity (Wildman–Crippen MR) is 153 cm³/mol. The van der Waals surface area contributed by atoms with Crippen molar-refractivity contribution >= 4 is 46.3 Å². The average molecular weight is 551 g/mol. The van der Waals surface area contributed by atoms with Gasteiger partial charge in [-0.3, -0.25) is 4.79 Å². The predicted octanol–water partition coefficient (Wildman–Crippen LogP) is 4.60. The molecule has 1 aromatic heterocycles. The van der Waals surface area contributed by atoms with Crippen molar-refractivity contribution in [2.75, 3.05) is 49.5 Å². The van der Waals surface area contributed by atoms with Gasteiger partial charge in [0.05, 0.1) is 11.9 Å². The topological polar surface area (TPSA) is 90.9 Å². The lowest BCUT2D eigenvalue weighted by molar-refractivity contribution is -0.129. The van der Waals surface area contributed by atoms with Crippen LogP contribution in [-0.4, -0.2) is 82.7 Å². The summed E-state index contributed by atoms with van der Waals surface area (Å²) in [5, 5.41) is 5.11. The Balaban J connectivity index is 1.25. The van der Waals surface area contributed by atoms with E-state index in [-0.39, 0.29) is 18.0 Å². The zero-order valence-electron chi connectivity index (χ0n) is 22.7. The van der Waals surface area contributed by atoms with Crippen LogP contribution in [0.2, 0.25) is 5.02 Å². The molecule has 2 aliphatic heterocycles. The minimum absolute atomic E-state index is 0.0668. The second-order valence-corrected chi connectivity index (χ2v) is 11.6. The number of nitrogens with one attached hydrogen (secondary N) is 1. The molecule has 9 nitrogen and oxygen atoms in total. The summed E-state index contributed by atoms with van der Waals surface area (Å²) in [6.45, 7) is 9.34. The number of piperazine rings is 1. The molecule has 2 saturated heterocycles. The fourth-order valence-corrected chi connectivity index (χ4v) is 5.09. The van der Waals surface area contributed by atoms with E-state index in [2.05, 4.69) is 10.2 Å². The van der Waals surface area contributed by atoms with E-state index in [1.54, 1.807) is 4.90 Å². The largest absolute Gasteiger partial charge is 0.444 e. The van der Waals surface area contributed by atoms with Crippen molar-refractivity contribution in [2.24, 2.45) is 0 Å². The molecule has 1 atom stereocenters.